The molecule has 2 aromatic carbocycles. The molecular weight excluding hydrogens is 294 g/mol. The molecule has 0 fully saturated rings. The van der Waals surface area contributed by atoms with Crippen molar-refractivity contribution in [1.82, 2.24) is 5.48 Å². The van der Waals surface area contributed by atoms with E-state index < -0.39 is 11.9 Å². The molecule has 0 unspecified atom stereocenters. The molecule has 0 radical (unpaired) electrons. The number of hydrogen-bond acceptors (Lipinski definition) is 3. The van der Waals surface area contributed by atoms with Gasteiger partial charge in [-0.1, -0.05) is 35.9 Å². The Balaban J connectivity index is 1.96. The molecule has 0 heterocycles. The largest absolute Gasteiger partial charge is 0.478 e. The maximum Gasteiger partial charge on any atom is 0.336 e. The molecule has 0 atom stereocenters. The van der Waals surface area contributed by atoms with Crippen molar-refractivity contribution in [3.63, 3.8) is 0 Å². The van der Waals surface area contributed by atoms with Gasteiger partial charge in [-0.25, -0.2) is 10.3 Å². The van der Waals surface area contributed by atoms with Crippen LogP contribution in [0.15, 0.2) is 48.5 Å². The van der Waals surface area contributed by atoms with Crippen molar-refractivity contribution in [2.75, 3.05) is 0 Å². The van der Waals surface area contributed by atoms with Crippen molar-refractivity contribution in [3.05, 3.63) is 70.2 Å². The summed E-state index contributed by atoms with van der Waals surface area (Å²) in [5, 5.41) is 9.62. The molecule has 0 saturated heterocycles. The highest BCUT2D eigenvalue weighted by Gasteiger charge is 2.15. The van der Waals surface area contributed by atoms with Gasteiger partial charge in [-0.05, 0) is 29.8 Å². The van der Waals surface area contributed by atoms with Gasteiger partial charge >= 0.3 is 5.97 Å². The van der Waals surface area contributed by atoms with Gasteiger partial charge in [0.25, 0.3) is 5.91 Å². The van der Waals surface area contributed by atoms with Gasteiger partial charge in [0.05, 0.1) is 17.7 Å². The van der Waals surface area contributed by atoms with E-state index in [2.05, 4.69) is 5.48 Å². The Labute approximate surface area is 126 Å². The first kappa shape index (κ1) is 15.0. The Morgan fingerprint density at radius 1 is 1.05 bits per heavy atom. The number of carbonyl (C=O) groups excluding carboxylic acids is 1. The number of aromatic carboxylic acids is 1. The zero-order valence-electron chi connectivity index (χ0n) is 10.9. The van der Waals surface area contributed by atoms with E-state index in [4.69, 9.17) is 21.5 Å². The van der Waals surface area contributed by atoms with E-state index in [0.29, 0.717) is 5.02 Å². The third-order valence-corrected chi connectivity index (χ3v) is 2.97. The summed E-state index contributed by atoms with van der Waals surface area (Å²) < 4.78 is 0. The van der Waals surface area contributed by atoms with Gasteiger partial charge in [-0.15, -0.1) is 0 Å². The summed E-state index contributed by atoms with van der Waals surface area (Å²) in [6.07, 6.45) is 0. The maximum atomic E-state index is 11.9. The van der Waals surface area contributed by atoms with E-state index in [0.717, 1.165) is 5.56 Å². The highest BCUT2D eigenvalue weighted by Crippen LogP contribution is 2.11. The van der Waals surface area contributed by atoms with Gasteiger partial charge in [0.2, 0.25) is 0 Å². The van der Waals surface area contributed by atoms with E-state index in [1.807, 2.05) is 0 Å². The average Bonchev–Trinajstić information content (AvgIpc) is 2.49. The molecule has 1 amide bonds. The summed E-state index contributed by atoms with van der Waals surface area (Å²) >= 11 is 5.76. The van der Waals surface area contributed by atoms with Gasteiger partial charge in [-0.3, -0.25) is 9.63 Å². The SMILES string of the molecule is O=C(O)c1ccccc1C(=O)NOCc1ccc(Cl)cc1. The summed E-state index contributed by atoms with van der Waals surface area (Å²) in [7, 11) is 0. The van der Waals surface area contributed by atoms with Crippen LogP contribution in [-0.2, 0) is 11.4 Å². The number of nitrogens with one attached hydrogen (secondary N) is 1. The molecule has 0 bridgehead atoms. The number of carbonyl (C=O) groups is 2. The molecule has 0 spiro atoms. The van der Waals surface area contributed by atoms with Crippen LogP contribution in [0.3, 0.4) is 0 Å². The molecule has 2 aromatic rings. The zero-order valence-corrected chi connectivity index (χ0v) is 11.6. The van der Waals surface area contributed by atoms with Crippen molar-refractivity contribution >= 4 is 23.5 Å². The quantitative estimate of drug-likeness (QED) is 0.833. The van der Waals surface area contributed by atoms with Gasteiger partial charge in [0.1, 0.15) is 0 Å². The summed E-state index contributed by atoms with van der Waals surface area (Å²) in [5.41, 5.74) is 3.01. The summed E-state index contributed by atoms with van der Waals surface area (Å²) in [6, 6.07) is 12.9. The molecule has 6 heteroatoms. The molecule has 5 nitrogen and oxygen atoms in total. The smallest absolute Gasteiger partial charge is 0.336 e. The lowest BCUT2D eigenvalue weighted by atomic mass is 10.1. The third kappa shape index (κ3) is 4.05. The van der Waals surface area contributed by atoms with Gasteiger partial charge in [0, 0.05) is 5.02 Å². The first-order valence-corrected chi connectivity index (χ1v) is 6.44. The van der Waals surface area contributed by atoms with E-state index in [9.17, 15) is 9.59 Å². The minimum atomic E-state index is -1.17. The van der Waals surface area contributed by atoms with Crippen molar-refractivity contribution in [1.29, 1.82) is 0 Å². The monoisotopic (exact) mass is 305 g/mol. The van der Waals surface area contributed by atoms with E-state index in [1.165, 1.54) is 12.1 Å². The van der Waals surface area contributed by atoms with Crippen LogP contribution < -0.4 is 5.48 Å². The number of hydrogen-bond donors (Lipinski definition) is 2. The fourth-order valence-corrected chi connectivity index (χ4v) is 1.81. The fourth-order valence-electron chi connectivity index (χ4n) is 1.69. The Hall–Kier alpha value is -2.37. The van der Waals surface area contributed by atoms with E-state index in [-0.39, 0.29) is 17.7 Å². The second kappa shape index (κ2) is 6.88. The number of amides is 1. The standard InChI is InChI=1S/C15H12ClNO4/c16-11-7-5-10(6-8-11)9-21-17-14(18)12-3-1-2-4-13(12)15(19)20/h1-8H,9H2,(H,17,18)(H,19,20). The molecule has 2 rings (SSSR count). The van der Waals surface area contributed by atoms with Gasteiger partial charge in [0.15, 0.2) is 0 Å². The maximum absolute atomic E-state index is 11.9. The second-order valence-electron chi connectivity index (χ2n) is 4.20. The number of halogens is 1. The number of hydroxylamine groups is 1. The van der Waals surface area contributed by atoms with Gasteiger partial charge < -0.3 is 5.11 Å². The lowest BCUT2D eigenvalue weighted by Gasteiger charge is -2.08. The molecule has 0 aromatic heterocycles. The molecule has 0 saturated carbocycles. The van der Waals surface area contributed by atoms with Gasteiger partial charge in [-0.2, -0.15) is 0 Å². The topological polar surface area (TPSA) is 75.6 Å². The van der Waals surface area contributed by atoms with Crippen LogP contribution in [0, 0.1) is 0 Å². The Morgan fingerprint density at radius 3 is 2.29 bits per heavy atom. The molecule has 0 aliphatic heterocycles. The average molecular weight is 306 g/mol. The second-order valence-corrected chi connectivity index (χ2v) is 4.63. The minimum Gasteiger partial charge on any atom is -0.478 e. The lowest BCUT2D eigenvalue weighted by Crippen LogP contribution is -2.25. The normalized spacial score (nSPS) is 10.1. The molecular formula is C15H12ClNO4. The number of carboxylic acid groups (broad SMARTS) is 1. The Kier molecular flexibility index (Phi) is 4.92. The molecule has 2 N–H and O–H groups in total. The summed E-state index contributed by atoms with van der Waals surface area (Å²) in [6.45, 7) is 0.151. The van der Waals surface area contributed by atoms with Crippen LogP contribution in [0.1, 0.15) is 26.3 Å². The predicted octanol–water partition coefficient (Wildman–Crippen LogP) is 2.90. The minimum absolute atomic E-state index is 0.0427. The Bertz CT molecular complexity index is 655. The van der Waals surface area contributed by atoms with Crippen molar-refractivity contribution in [2.24, 2.45) is 0 Å². The molecule has 21 heavy (non-hydrogen) atoms. The third-order valence-electron chi connectivity index (χ3n) is 2.72. The highest BCUT2D eigenvalue weighted by molar-refractivity contribution is 6.30. The summed E-state index contributed by atoms with van der Waals surface area (Å²) in [4.78, 5) is 28.0. The molecule has 0 aliphatic carbocycles. The van der Waals surface area contributed by atoms with Crippen LogP contribution in [0.2, 0.25) is 5.02 Å². The van der Waals surface area contributed by atoms with Crippen LogP contribution in [0.4, 0.5) is 0 Å². The molecule has 0 aliphatic rings. The van der Waals surface area contributed by atoms with E-state index in [1.54, 1.807) is 36.4 Å². The highest BCUT2D eigenvalue weighted by atomic mass is 35.5. The predicted molar refractivity (Wildman–Crippen MR) is 77.1 cm³/mol. The van der Waals surface area contributed by atoms with Crippen LogP contribution in [0.25, 0.3) is 0 Å². The first-order chi connectivity index (χ1) is 10.1. The zero-order chi connectivity index (χ0) is 15.2. The number of carboxylic acids is 1. The number of rotatable bonds is 5. The summed E-state index contributed by atoms with van der Waals surface area (Å²) in [5.74, 6) is -1.78. The molecule has 108 valence electrons. The first-order valence-electron chi connectivity index (χ1n) is 6.07. The van der Waals surface area contributed by atoms with Crippen LogP contribution >= 0.6 is 11.6 Å². The lowest BCUT2D eigenvalue weighted by molar-refractivity contribution is 0.0231. The van der Waals surface area contributed by atoms with Crippen molar-refractivity contribution < 1.29 is 19.5 Å². The van der Waals surface area contributed by atoms with Crippen LogP contribution in [0.5, 0.6) is 0 Å². The van der Waals surface area contributed by atoms with Crippen LogP contribution in [-0.4, -0.2) is 17.0 Å². The number of benzene rings is 2. The Morgan fingerprint density at radius 2 is 1.67 bits per heavy atom. The fraction of sp³-hybridized carbons (Fsp3) is 0.0667. The van der Waals surface area contributed by atoms with E-state index >= 15 is 0 Å². The van der Waals surface area contributed by atoms with Crippen molar-refractivity contribution in [3.8, 4) is 0 Å². The van der Waals surface area contributed by atoms with Crippen molar-refractivity contribution in [2.45, 2.75) is 6.61 Å².